The zero-order chi connectivity index (χ0) is 14.7. The molecule has 0 fully saturated rings. The molecule has 2 aromatic rings. The second-order valence-electron chi connectivity index (χ2n) is 5.61. The highest BCUT2D eigenvalue weighted by molar-refractivity contribution is 7.12. The van der Waals surface area contributed by atoms with Gasteiger partial charge < -0.3 is 10.1 Å². The van der Waals surface area contributed by atoms with Crippen molar-refractivity contribution < 1.29 is 4.74 Å². The van der Waals surface area contributed by atoms with Crippen molar-refractivity contribution in [1.82, 2.24) is 5.32 Å². The van der Waals surface area contributed by atoms with E-state index in [1.165, 1.54) is 29.7 Å². The average molecular weight is 301 g/mol. The van der Waals surface area contributed by atoms with E-state index in [2.05, 4.69) is 42.6 Å². The molecular formula is C18H23NOS. The van der Waals surface area contributed by atoms with Gasteiger partial charge in [-0.3, -0.25) is 0 Å². The summed E-state index contributed by atoms with van der Waals surface area (Å²) >= 11 is 1.99. The SMILES string of the molecule is CCCNC(c1ccc(OC)cc1)c1cc2c(s1)CCC2. The molecule has 2 nitrogen and oxygen atoms in total. The van der Waals surface area contributed by atoms with Crippen LogP contribution in [-0.2, 0) is 12.8 Å². The molecule has 1 atom stereocenters. The maximum Gasteiger partial charge on any atom is 0.118 e. The molecule has 1 unspecified atom stereocenters. The summed E-state index contributed by atoms with van der Waals surface area (Å²) in [4.78, 5) is 3.06. The van der Waals surface area contributed by atoms with Crippen LogP contribution in [0.1, 0.15) is 46.7 Å². The fourth-order valence-corrected chi connectivity index (χ4v) is 4.32. The van der Waals surface area contributed by atoms with E-state index in [4.69, 9.17) is 4.74 Å². The minimum atomic E-state index is 0.312. The standard InChI is InChI=1S/C18H23NOS/c1-3-11-19-18(13-7-9-15(20-2)10-8-13)17-12-14-5-4-6-16(14)21-17/h7-10,12,18-19H,3-6,11H2,1-2H3. The first-order chi connectivity index (χ1) is 10.3. The topological polar surface area (TPSA) is 21.3 Å². The van der Waals surface area contributed by atoms with Crippen molar-refractivity contribution in [2.75, 3.05) is 13.7 Å². The molecule has 1 heterocycles. The Morgan fingerprint density at radius 3 is 2.71 bits per heavy atom. The molecular weight excluding hydrogens is 278 g/mol. The molecule has 0 amide bonds. The van der Waals surface area contributed by atoms with Gasteiger partial charge in [0.1, 0.15) is 5.75 Å². The first-order valence-corrected chi connectivity index (χ1v) is 8.62. The third-order valence-electron chi connectivity index (χ3n) is 4.10. The molecule has 0 saturated heterocycles. The van der Waals surface area contributed by atoms with Crippen LogP contribution in [0.15, 0.2) is 30.3 Å². The lowest BCUT2D eigenvalue weighted by atomic mass is 10.0. The Morgan fingerprint density at radius 2 is 2.05 bits per heavy atom. The fourth-order valence-electron chi connectivity index (χ4n) is 2.96. The van der Waals surface area contributed by atoms with Crippen LogP contribution >= 0.6 is 11.3 Å². The van der Waals surface area contributed by atoms with E-state index in [0.717, 1.165) is 18.7 Å². The van der Waals surface area contributed by atoms with Gasteiger partial charge in [0.15, 0.2) is 0 Å². The number of ether oxygens (including phenoxy) is 1. The van der Waals surface area contributed by atoms with Crippen molar-refractivity contribution >= 4 is 11.3 Å². The Morgan fingerprint density at radius 1 is 1.24 bits per heavy atom. The fraction of sp³-hybridized carbons (Fsp3) is 0.444. The van der Waals surface area contributed by atoms with Crippen molar-refractivity contribution in [2.24, 2.45) is 0 Å². The van der Waals surface area contributed by atoms with Crippen LogP contribution in [0, 0.1) is 0 Å². The van der Waals surface area contributed by atoms with Gasteiger partial charge in [-0.2, -0.15) is 0 Å². The zero-order valence-corrected chi connectivity index (χ0v) is 13.6. The van der Waals surface area contributed by atoms with Gasteiger partial charge in [-0.25, -0.2) is 0 Å². The summed E-state index contributed by atoms with van der Waals surface area (Å²) in [5.74, 6) is 0.918. The number of hydrogen-bond acceptors (Lipinski definition) is 3. The van der Waals surface area contributed by atoms with Gasteiger partial charge in [0, 0.05) is 9.75 Å². The van der Waals surface area contributed by atoms with E-state index in [9.17, 15) is 0 Å². The molecule has 112 valence electrons. The zero-order valence-electron chi connectivity index (χ0n) is 12.8. The monoisotopic (exact) mass is 301 g/mol. The highest BCUT2D eigenvalue weighted by Crippen LogP contribution is 2.36. The van der Waals surface area contributed by atoms with Crippen LogP contribution in [0.3, 0.4) is 0 Å². The van der Waals surface area contributed by atoms with Crippen LogP contribution in [0.25, 0.3) is 0 Å². The van der Waals surface area contributed by atoms with E-state index >= 15 is 0 Å². The van der Waals surface area contributed by atoms with Crippen molar-refractivity contribution in [3.8, 4) is 5.75 Å². The number of hydrogen-bond donors (Lipinski definition) is 1. The molecule has 1 aromatic carbocycles. The summed E-state index contributed by atoms with van der Waals surface area (Å²) < 4.78 is 5.27. The molecule has 21 heavy (non-hydrogen) atoms. The largest absolute Gasteiger partial charge is 0.497 e. The third kappa shape index (κ3) is 3.14. The summed E-state index contributed by atoms with van der Waals surface area (Å²) in [5, 5.41) is 3.70. The molecule has 1 aromatic heterocycles. The van der Waals surface area contributed by atoms with E-state index < -0.39 is 0 Å². The van der Waals surface area contributed by atoms with Gasteiger partial charge in [-0.15, -0.1) is 11.3 Å². The molecule has 1 N–H and O–H groups in total. The first kappa shape index (κ1) is 14.6. The van der Waals surface area contributed by atoms with Gasteiger partial charge in [0.05, 0.1) is 13.2 Å². The second kappa shape index (κ2) is 6.63. The molecule has 0 bridgehead atoms. The predicted octanol–water partition coefficient (Wildman–Crippen LogP) is 4.33. The Kier molecular flexibility index (Phi) is 4.61. The summed E-state index contributed by atoms with van der Waals surface area (Å²) in [6, 6.07) is 11.2. The number of benzene rings is 1. The van der Waals surface area contributed by atoms with Gasteiger partial charge >= 0.3 is 0 Å². The molecule has 3 heteroatoms. The van der Waals surface area contributed by atoms with Gasteiger partial charge in [-0.05, 0) is 61.6 Å². The lowest BCUT2D eigenvalue weighted by molar-refractivity contribution is 0.414. The third-order valence-corrected chi connectivity index (χ3v) is 5.40. The van der Waals surface area contributed by atoms with Crippen molar-refractivity contribution in [2.45, 2.75) is 38.6 Å². The molecule has 0 saturated carbocycles. The van der Waals surface area contributed by atoms with E-state index in [1.54, 1.807) is 17.6 Å². The molecule has 1 aliphatic carbocycles. The van der Waals surface area contributed by atoms with Crippen LogP contribution in [0.4, 0.5) is 0 Å². The Balaban J connectivity index is 1.88. The number of thiophene rings is 1. The average Bonchev–Trinajstić information content (AvgIpc) is 3.10. The summed E-state index contributed by atoms with van der Waals surface area (Å²) in [7, 11) is 1.71. The molecule has 0 spiro atoms. The summed E-state index contributed by atoms with van der Waals surface area (Å²) in [6.07, 6.45) is 5.01. The highest BCUT2D eigenvalue weighted by Gasteiger charge is 2.21. The lowest BCUT2D eigenvalue weighted by Crippen LogP contribution is -2.22. The van der Waals surface area contributed by atoms with Crippen molar-refractivity contribution in [3.05, 3.63) is 51.2 Å². The smallest absolute Gasteiger partial charge is 0.118 e. The molecule has 1 aliphatic rings. The van der Waals surface area contributed by atoms with Crippen LogP contribution in [0.5, 0.6) is 5.75 Å². The first-order valence-electron chi connectivity index (χ1n) is 7.80. The minimum Gasteiger partial charge on any atom is -0.497 e. The van der Waals surface area contributed by atoms with Gasteiger partial charge in [-0.1, -0.05) is 19.1 Å². The van der Waals surface area contributed by atoms with Crippen LogP contribution < -0.4 is 10.1 Å². The molecule has 0 radical (unpaired) electrons. The molecule has 3 rings (SSSR count). The number of methoxy groups -OCH3 is 1. The maximum atomic E-state index is 5.27. The molecule has 0 aliphatic heterocycles. The van der Waals surface area contributed by atoms with Crippen molar-refractivity contribution in [3.63, 3.8) is 0 Å². The Labute approximate surface area is 131 Å². The van der Waals surface area contributed by atoms with Gasteiger partial charge in [0.2, 0.25) is 0 Å². The summed E-state index contributed by atoms with van der Waals surface area (Å²) in [5.41, 5.74) is 2.90. The maximum absolute atomic E-state index is 5.27. The summed E-state index contributed by atoms with van der Waals surface area (Å²) in [6.45, 7) is 3.26. The normalized spacial score (nSPS) is 15.0. The van der Waals surface area contributed by atoms with E-state index in [-0.39, 0.29) is 0 Å². The quantitative estimate of drug-likeness (QED) is 0.857. The number of fused-ring (bicyclic) bond motifs is 1. The predicted molar refractivity (Wildman–Crippen MR) is 89.5 cm³/mol. The van der Waals surface area contributed by atoms with E-state index in [1.807, 2.05) is 11.3 Å². The Bertz CT molecular complexity index is 566. The van der Waals surface area contributed by atoms with Crippen molar-refractivity contribution in [1.29, 1.82) is 0 Å². The second-order valence-corrected chi connectivity index (χ2v) is 6.78. The van der Waals surface area contributed by atoms with Gasteiger partial charge in [0.25, 0.3) is 0 Å². The number of nitrogens with one attached hydrogen (secondary N) is 1. The number of rotatable bonds is 6. The minimum absolute atomic E-state index is 0.312. The van der Waals surface area contributed by atoms with Crippen LogP contribution in [0.2, 0.25) is 0 Å². The van der Waals surface area contributed by atoms with E-state index in [0.29, 0.717) is 6.04 Å². The Hall–Kier alpha value is -1.32. The highest BCUT2D eigenvalue weighted by atomic mass is 32.1. The number of aryl methyl sites for hydroxylation is 2. The lowest BCUT2D eigenvalue weighted by Gasteiger charge is -2.18. The van der Waals surface area contributed by atoms with Crippen LogP contribution in [-0.4, -0.2) is 13.7 Å².